The lowest BCUT2D eigenvalue weighted by Gasteiger charge is -2.33. The lowest BCUT2D eigenvalue weighted by Crippen LogP contribution is -2.26. The van der Waals surface area contributed by atoms with E-state index in [1.807, 2.05) is 13.8 Å². The first-order chi connectivity index (χ1) is 5.68. The summed E-state index contributed by atoms with van der Waals surface area (Å²) in [6, 6.07) is 0. The molecule has 0 aliphatic heterocycles. The fraction of sp³-hybridized carbons (Fsp3) is 0.833. The smallest absolute Gasteiger partial charge is 0.0574 e. The van der Waals surface area contributed by atoms with E-state index in [4.69, 9.17) is 0 Å². The summed E-state index contributed by atoms with van der Waals surface area (Å²) < 4.78 is 0. The van der Waals surface area contributed by atoms with Crippen LogP contribution in [0.4, 0.5) is 0 Å². The molecule has 0 amide bonds. The zero-order chi connectivity index (χ0) is 10.8. The first-order valence-corrected chi connectivity index (χ1v) is 5.04. The van der Waals surface area contributed by atoms with Crippen molar-refractivity contribution in [3.63, 3.8) is 0 Å². The van der Waals surface area contributed by atoms with Crippen molar-refractivity contribution in [1.82, 2.24) is 0 Å². The molecule has 0 saturated carbocycles. The van der Waals surface area contributed by atoms with Gasteiger partial charge < -0.3 is 5.11 Å². The first kappa shape index (κ1) is 12.7. The maximum atomic E-state index is 9.45. The number of aliphatic hydroxyl groups is 1. The molecule has 0 unspecified atom stereocenters. The average Bonchev–Trinajstić information content (AvgIpc) is 1.98. The van der Waals surface area contributed by atoms with Crippen molar-refractivity contribution in [3.05, 3.63) is 12.2 Å². The number of aliphatic hydroxyl groups excluding tert-OH is 1. The van der Waals surface area contributed by atoms with E-state index in [1.54, 1.807) is 0 Å². The predicted molar refractivity (Wildman–Crippen MR) is 58.6 cm³/mol. The Morgan fingerprint density at radius 1 is 1.15 bits per heavy atom. The van der Waals surface area contributed by atoms with Crippen LogP contribution in [0.15, 0.2) is 12.2 Å². The van der Waals surface area contributed by atoms with Gasteiger partial charge in [0.05, 0.1) is 6.10 Å². The molecule has 1 nitrogen and oxygen atoms in total. The van der Waals surface area contributed by atoms with Crippen LogP contribution in [0.5, 0.6) is 0 Å². The molecule has 3 atom stereocenters. The molecule has 0 aromatic rings. The van der Waals surface area contributed by atoms with Gasteiger partial charge in [-0.2, -0.15) is 0 Å². The van der Waals surface area contributed by atoms with Gasteiger partial charge in [-0.05, 0) is 18.3 Å². The van der Waals surface area contributed by atoms with Gasteiger partial charge in [0.2, 0.25) is 0 Å². The van der Waals surface area contributed by atoms with Crippen LogP contribution < -0.4 is 0 Å². The summed E-state index contributed by atoms with van der Waals surface area (Å²) in [5, 5.41) is 9.45. The Morgan fingerprint density at radius 3 is 1.77 bits per heavy atom. The van der Waals surface area contributed by atoms with Crippen LogP contribution in [0.3, 0.4) is 0 Å². The minimum Gasteiger partial charge on any atom is -0.393 e. The highest BCUT2D eigenvalue weighted by atomic mass is 16.3. The normalized spacial score (nSPS) is 19.3. The van der Waals surface area contributed by atoms with Crippen molar-refractivity contribution in [1.29, 1.82) is 0 Å². The summed E-state index contributed by atoms with van der Waals surface area (Å²) >= 11 is 0. The topological polar surface area (TPSA) is 20.2 Å². The summed E-state index contributed by atoms with van der Waals surface area (Å²) in [5.41, 5.74) is 1.39. The van der Waals surface area contributed by atoms with Crippen LogP contribution in [-0.2, 0) is 0 Å². The highest BCUT2D eigenvalue weighted by Crippen LogP contribution is 2.34. The molecule has 0 aliphatic rings. The van der Waals surface area contributed by atoms with Gasteiger partial charge in [-0.25, -0.2) is 0 Å². The van der Waals surface area contributed by atoms with Gasteiger partial charge in [0.15, 0.2) is 0 Å². The molecule has 0 fully saturated rings. The van der Waals surface area contributed by atoms with Gasteiger partial charge in [0.1, 0.15) is 0 Å². The highest BCUT2D eigenvalue weighted by molar-refractivity contribution is 5.08. The number of rotatable bonds is 3. The van der Waals surface area contributed by atoms with Crippen molar-refractivity contribution >= 4 is 0 Å². The minimum atomic E-state index is -0.294. The third kappa shape index (κ3) is 3.51. The van der Waals surface area contributed by atoms with Crippen molar-refractivity contribution in [2.24, 2.45) is 17.3 Å². The van der Waals surface area contributed by atoms with Crippen LogP contribution in [0.1, 0.15) is 41.5 Å². The van der Waals surface area contributed by atoms with Crippen LogP contribution in [-0.4, -0.2) is 11.2 Å². The van der Waals surface area contributed by atoms with Crippen molar-refractivity contribution in [2.75, 3.05) is 0 Å². The Bertz CT molecular complexity index is 174. The molecule has 0 spiro atoms. The lowest BCUT2D eigenvalue weighted by atomic mass is 9.73. The quantitative estimate of drug-likeness (QED) is 0.668. The van der Waals surface area contributed by atoms with Gasteiger partial charge in [0.25, 0.3) is 0 Å². The second-order valence-electron chi connectivity index (χ2n) is 5.19. The molecule has 0 aromatic heterocycles. The molecule has 0 rings (SSSR count). The summed E-state index contributed by atoms with van der Waals surface area (Å²) in [6.07, 6.45) is -0.294. The van der Waals surface area contributed by atoms with Crippen LogP contribution >= 0.6 is 0 Å². The van der Waals surface area contributed by atoms with Crippen LogP contribution in [0.25, 0.3) is 0 Å². The Balaban J connectivity index is 4.44. The summed E-state index contributed by atoms with van der Waals surface area (Å²) in [7, 11) is 0. The monoisotopic (exact) mass is 184 g/mol. The number of hydrogen-bond acceptors (Lipinski definition) is 1. The van der Waals surface area contributed by atoms with E-state index in [0.717, 1.165) is 5.57 Å². The fourth-order valence-corrected chi connectivity index (χ4v) is 1.26. The summed E-state index contributed by atoms with van der Waals surface area (Å²) in [5.74, 6) is 0.631. The lowest BCUT2D eigenvalue weighted by molar-refractivity contribution is 0.138. The molecule has 13 heavy (non-hydrogen) atoms. The van der Waals surface area contributed by atoms with E-state index in [2.05, 4.69) is 34.3 Å². The van der Waals surface area contributed by atoms with E-state index in [9.17, 15) is 5.11 Å². The largest absolute Gasteiger partial charge is 0.393 e. The molecule has 1 heteroatoms. The zero-order valence-electron chi connectivity index (χ0n) is 9.89. The standard InChI is InChI=1S/C12H24O/c1-8(9(2)11(4)13)10(3)12(5,6)7/h9-11,13H,1H2,2-7H3/t9-,10-,11+/m1/s1. The minimum absolute atomic E-state index is 0.189. The molecule has 1 N–H and O–H groups in total. The summed E-state index contributed by atoms with van der Waals surface area (Å²) in [4.78, 5) is 0. The molecule has 0 saturated heterocycles. The Morgan fingerprint density at radius 2 is 1.54 bits per heavy atom. The maximum absolute atomic E-state index is 9.45. The van der Waals surface area contributed by atoms with Gasteiger partial charge >= 0.3 is 0 Å². The average molecular weight is 184 g/mol. The van der Waals surface area contributed by atoms with E-state index < -0.39 is 0 Å². The second kappa shape index (κ2) is 4.28. The van der Waals surface area contributed by atoms with Gasteiger partial charge in [-0.3, -0.25) is 0 Å². The molecule has 0 heterocycles. The number of hydrogen-bond donors (Lipinski definition) is 1. The molecule has 78 valence electrons. The third-order valence-electron chi connectivity index (χ3n) is 3.16. The van der Waals surface area contributed by atoms with Crippen LogP contribution in [0, 0.1) is 17.3 Å². The molecular weight excluding hydrogens is 160 g/mol. The van der Waals surface area contributed by atoms with Crippen molar-refractivity contribution in [2.45, 2.75) is 47.6 Å². The summed E-state index contributed by atoms with van der Waals surface area (Å²) in [6.45, 7) is 16.7. The van der Waals surface area contributed by atoms with E-state index in [-0.39, 0.29) is 17.4 Å². The van der Waals surface area contributed by atoms with Crippen molar-refractivity contribution < 1.29 is 5.11 Å². The predicted octanol–water partition coefficient (Wildman–Crippen LogP) is 3.24. The van der Waals surface area contributed by atoms with Gasteiger partial charge in [-0.15, -0.1) is 0 Å². The molecule has 0 bridgehead atoms. The Kier molecular flexibility index (Phi) is 4.18. The van der Waals surface area contributed by atoms with E-state index in [1.165, 1.54) is 0 Å². The fourth-order valence-electron chi connectivity index (χ4n) is 1.26. The second-order valence-corrected chi connectivity index (χ2v) is 5.19. The molecular formula is C12H24O. The van der Waals surface area contributed by atoms with Crippen LogP contribution in [0.2, 0.25) is 0 Å². The van der Waals surface area contributed by atoms with E-state index in [0.29, 0.717) is 5.92 Å². The first-order valence-electron chi connectivity index (χ1n) is 5.04. The SMILES string of the molecule is C=C([C@@H](C)[C@H](C)O)[C@@H](C)C(C)(C)C. The highest BCUT2D eigenvalue weighted by Gasteiger charge is 2.26. The van der Waals surface area contributed by atoms with Crippen molar-refractivity contribution in [3.8, 4) is 0 Å². The molecule has 0 radical (unpaired) electrons. The van der Waals surface area contributed by atoms with E-state index >= 15 is 0 Å². The molecule has 0 aromatic carbocycles. The maximum Gasteiger partial charge on any atom is 0.0574 e. The Labute approximate surface area is 82.9 Å². The third-order valence-corrected chi connectivity index (χ3v) is 3.16. The van der Waals surface area contributed by atoms with Gasteiger partial charge in [-0.1, -0.05) is 46.8 Å². The zero-order valence-corrected chi connectivity index (χ0v) is 9.89. The molecule has 0 aliphatic carbocycles. The van der Waals surface area contributed by atoms with Gasteiger partial charge in [0, 0.05) is 5.92 Å². The Hall–Kier alpha value is -0.300.